The highest BCUT2D eigenvalue weighted by Gasteiger charge is 2.26. The van der Waals surface area contributed by atoms with Gasteiger partial charge >= 0.3 is 0 Å². The van der Waals surface area contributed by atoms with Crippen LogP contribution in [-0.2, 0) is 4.79 Å². The second-order valence-corrected chi connectivity index (χ2v) is 6.26. The van der Waals surface area contributed by atoms with Crippen LogP contribution >= 0.6 is 23.2 Å². The zero-order valence-corrected chi connectivity index (χ0v) is 14.1. The summed E-state index contributed by atoms with van der Waals surface area (Å²) in [4.78, 5) is 16.6. The van der Waals surface area contributed by atoms with Gasteiger partial charge in [0.15, 0.2) is 5.75 Å². The van der Waals surface area contributed by atoms with Gasteiger partial charge in [-0.15, -0.1) is 0 Å². The molecule has 0 saturated carbocycles. The number of aromatic hydroxyl groups is 1. The molecular weight excluding hydrogens is 363 g/mol. The molecule has 4 rings (SSSR count). The highest BCUT2D eigenvalue weighted by Crippen LogP contribution is 2.37. The Labute approximate surface area is 152 Å². The smallest absolute Gasteiger partial charge is 0.257 e. The molecule has 1 aromatic carbocycles. The van der Waals surface area contributed by atoms with Crippen molar-refractivity contribution in [1.82, 2.24) is 4.98 Å². The van der Waals surface area contributed by atoms with Crippen molar-refractivity contribution < 1.29 is 14.3 Å². The molecule has 0 spiro atoms. The van der Waals surface area contributed by atoms with Gasteiger partial charge < -0.3 is 14.8 Å². The van der Waals surface area contributed by atoms with Crippen LogP contribution in [0, 0.1) is 0 Å². The predicted octanol–water partition coefficient (Wildman–Crippen LogP) is 4.85. The van der Waals surface area contributed by atoms with Gasteiger partial charge in [0.05, 0.1) is 21.9 Å². The molecule has 0 aliphatic carbocycles. The maximum atomic E-state index is 12.3. The van der Waals surface area contributed by atoms with Crippen LogP contribution in [0.1, 0.15) is 11.1 Å². The molecule has 0 radical (unpaired) electrons. The molecule has 0 saturated heterocycles. The Morgan fingerprint density at radius 3 is 2.64 bits per heavy atom. The molecule has 124 valence electrons. The molecule has 2 N–H and O–H groups in total. The zero-order chi connectivity index (χ0) is 17.6. The van der Waals surface area contributed by atoms with Gasteiger partial charge in [-0.25, -0.2) is 4.98 Å². The van der Waals surface area contributed by atoms with Gasteiger partial charge in [0.2, 0.25) is 0 Å². The van der Waals surface area contributed by atoms with Gasteiger partial charge in [-0.2, -0.15) is 0 Å². The van der Waals surface area contributed by atoms with Gasteiger partial charge in [0.25, 0.3) is 5.91 Å². The molecule has 1 amide bonds. The summed E-state index contributed by atoms with van der Waals surface area (Å²) in [5.74, 6) is 0.662. The molecule has 1 aliphatic rings. The van der Waals surface area contributed by atoms with Crippen molar-refractivity contribution in [3.8, 4) is 17.1 Å². The summed E-state index contributed by atoms with van der Waals surface area (Å²) in [6.07, 6.45) is 4.85. The molecule has 3 aromatic rings. The number of aromatic nitrogens is 1. The van der Waals surface area contributed by atoms with E-state index in [1.54, 1.807) is 24.6 Å². The van der Waals surface area contributed by atoms with Crippen LogP contribution in [-0.4, -0.2) is 16.0 Å². The van der Waals surface area contributed by atoms with E-state index in [-0.39, 0.29) is 21.7 Å². The fourth-order valence-electron chi connectivity index (χ4n) is 2.62. The fourth-order valence-corrected chi connectivity index (χ4v) is 3.13. The third kappa shape index (κ3) is 2.77. The Morgan fingerprint density at radius 2 is 1.96 bits per heavy atom. The number of halogens is 2. The number of hydrogen-bond donors (Lipinski definition) is 2. The van der Waals surface area contributed by atoms with Crippen molar-refractivity contribution in [2.45, 2.75) is 0 Å². The third-order valence-electron chi connectivity index (χ3n) is 3.81. The number of carbonyl (C=O) groups excluding carboxylic acids is 1. The number of rotatable bonds is 2. The molecule has 0 bridgehead atoms. The minimum absolute atomic E-state index is 0.112. The minimum atomic E-state index is -0.278. The molecule has 1 aliphatic heterocycles. The molecule has 0 atom stereocenters. The van der Waals surface area contributed by atoms with Gasteiger partial charge in [-0.1, -0.05) is 23.2 Å². The SMILES string of the molecule is O=C1Nc2ncc(-c3ccco3)cc2/C1=C/c1cc(Cl)c(O)c(Cl)c1. The molecule has 0 unspecified atom stereocenters. The van der Waals surface area contributed by atoms with Crippen LogP contribution in [0.5, 0.6) is 5.75 Å². The molecule has 5 nitrogen and oxygen atoms in total. The first-order valence-corrected chi connectivity index (χ1v) is 8.04. The Kier molecular flexibility index (Phi) is 3.75. The van der Waals surface area contributed by atoms with E-state index in [1.807, 2.05) is 12.1 Å². The quantitative estimate of drug-likeness (QED) is 0.630. The van der Waals surface area contributed by atoms with E-state index in [0.29, 0.717) is 28.3 Å². The van der Waals surface area contributed by atoms with Crippen molar-refractivity contribution in [3.63, 3.8) is 0 Å². The first-order valence-electron chi connectivity index (χ1n) is 7.28. The number of nitrogens with zero attached hydrogens (tertiary/aromatic N) is 1. The van der Waals surface area contributed by atoms with Gasteiger partial charge in [-0.3, -0.25) is 4.79 Å². The molecule has 7 heteroatoms. The molecular formula is C18H10Cl2N2O3. The maximum absolute atomic E-state index is 12.3. The van der Waals surface area contributed by atoms with E-state index in [1.165, 1.54) is 12.1 Å². The average Bonchev–Trinajstić information content (AvgIpc) is 3.21. The van der Waals surface area contributed by atoms with Crippen molar-refractivity contribution in [3.05, 3.63) is 64.0 Å². The summed E-state index contributed by atoms with van der Waals surface area (Å²) in [7, 11) is 0. The van der Waals surface area contributed by atoms with Crippen LogP contribution in [0.2, 0.25) is 10.0 Å². The number of nitrogens with one attached hydrogen (secondary N) is 1. The van der Waals surface area contributed by atoms with E-state index < -0.39 is 0 Å². The van der Waals surface area contributed by atoms with Gasteiger partial charge in [-0.05, 0) is 42.0 Å². The molecule has 2 aromatic heterocycles. The summed E-state index contributed by atoms with van der Waals surface area (Å²) in [5.41, 5.74) is 2.43. The minimum Gasteiger partial charge on any atom is -0.505 e. The van der Waals surface area contributed by atoms with E-state index in [4.69, 9.17) is 27.6 Å². The van der Waals surface area contributed by atoms with E-state index in [2.05, 4.69) is 10.3 Å². The topological polar surface area (TPSA) is 75.4 Å². The number of pyridine rings is 1. The molecule has 3 heterocycles. The highest BCUT2D eigenvalue weighted by molar-refractivity contribution is 6.38. The summed E-state index contributed by atoms with van der Waals surface area (Å²) >= 11 is 11.9. The Morgan fingerprint density at radius 1 is 1.20 bits per heavy atom. The monoisotopic (exact) mass is 372 g/mol. The number of furan rings is 1. The van der Waals surface area contributed by atoms with Crippen molar-refractivity contribution in [1.29, 1.82) is 0 Å². The normalized spacial score (nSPS) is 14.6. The van der Waals surface area contributed by atoms with Crippen molar-refractivity contribution in [2.75, 3.05) is 5.32 Å². The van der Waals surface area contributed by atoms with E-state index in [9.17, 15) is 9.90 Å². The van der Waals surface area contributed by atoms with Crippen LogP contribution < -0.4 is 5.32 Å². The van der Waals surface area contributed by atoms with Crippen molar-refractivity contribution >= 4 is 46.6 Å². The lowest BCUT2D eigenvalue weighted by Crippen LogP contribution is -2.04. The van der Waals surface area contributed by atoms with Crippen LogP contribution in [0.4, 0.5) is 5.82 Å². The summed E-state index contributed by atoms with van der Waals surface area (Å²) < 4.78 is 5.38. The Balaban J connectivity index is 1.82. The first-order chi connectivity index (χ1) is 12.0. The number of phenols is 1. The second kappa shape index (κ2) is 5.95. The summed E-state index contributed by atoms with van der Waals surface area (Å²) in [5, 5.41) is 12.6. The highest BCUT2D eigenvalue weighted by atomic mass is 35.5. The Bertz CT molecular complexity index is 1000. The largest absolute Gasteiger partial charge is 0.505 e. The number of phenolic OH excluding ortho intramolecular Hbond substituents is 1. The number of hydrogen-bond acceptors (Lipinski definition) is 4. The van der Waals surface area contributed by atoms with Crippen LogP contribution in [0.3, 0.4) is 0 Å². The van der Waals surface area contributed by atoms with Gasteiger partial charge in [0.1, 0.15) is 11.6 Å². The Hall–Kier alpha value is -2.76. The maximum Gasteiger partial charge on any atom is 0.257 e. The summed E-state index contributed by atoms with van der Waals surface area (Å²) in [6, 6.07) is 8.49. The van der Waals surface area contributed by atoms with Crippen molar-refractivity contribution in [2.24, 2.45) is 0 Å². The zero-order valence-electron chi connectivity index (χ0n) is 12.6. The van der Waals surface area contributed by atoms with Crippen LogP contribution in [0.25, 0.3) is 23.0 Å². The third-order valence-corrected chi connectivity index (χ3v) is 4.39. The molecule has 25 heavy (non-hydrogen) atoms. The number of fused-ring (bicyclic) bond motifs is 1. The lowest BCUT2D eigenvalue weighted by atomic mass is 10.0. The standard InChI is InChI=1S/C18H10Cl2N2O3/c19-13-5-9(6-14(20)16(13)23)4-12-11-7-10(15-2-1-3-25-15)8-21-17(11)22-18(12)24/h1-8,23H,(H,21,22,24)/b12-4-. The predicted molar refractivity (Wildman–Crippen MR) is 96.6 cm³/mol. The number of amides is 1. The number of anilines is 1. The lowest BCUT2D eigenvalue weighted by Gasteiger charge is -2.04. The second-order valence-electron chi connectivity index (χ2n) is 5.44. The average molecular weight is 373 g/mol. The fraction of sp³-hybridized carbons (Fsp3) is 0. The lowest BCUT2D eigenvalue weighted by molar-refractivity contribution is -0.110. The molecule has 0 fully saturated rings. The van der Waals surface area contributed by atoms with Crippen LogP contribution in [0.15, 0.2) is 47.2 Å². The summed E-state index contributed by atoms with van der Waals surface area (Å²) in [6.45, 7) is 0. The van der Waals surface area contributed by atoms with E-state index in [0.717, 1.165) is 5.56 Å². The first kappa shape index (κ1) is 15.7. The number of carbonyl (C=O) groups is 1. The number of benzene rings is 1. The van der Waals surface area contributed by atoms with E-state index >= 15 is 0 Å². The van der Waals surface area contributed by atoms with Gasteiger partial charge in [0, 0.05) is 17.3 Å².